The van der Waals surface area contributed by atoms with Crippen molar-refractivity contribution in [3.05, 3.63) is 33.7 Å². The molecule has 0 unspecified atom stereocenters. The molecule has 0 saturated carbocycles. The van der Waals surface area contributed by atoms with Crippen LogP contribution in [-0.2, 0) is 35.1 Å². The SMILES string of the molecule is CO[C@@]1(NC(=O)Cc2cccs2)C(=O)N2C(C(=O)[O-])=C(COC(C)=O)CS[C@H]21.[Na+]. The van der Waals surface area contributed by atoms with E-state index < -0.39 is 34.9 Å². The Labute approximate surface area is 197 Å². The monoisotopic (exact) mass is 448 g/mol. The quantitative estimate of drug-likeness (QED) is 0.195. The largest absolute Gasteiger partial charge is 1.00 e. The minimum absolute atomic E-state index is 0. The molecule has 0 radical (unpaired) electrons. The summed E-state index contributed by atoms with van der Waals surface area (Å²) in [7, 11) is 1.28. The zero-order valence-corrected chi connectivity index (χ0v) is 19.7. The van der Waals surface area contributed by atoms with Gasteiger partial charge in [0.2, 0.25) is 5.91 Å². The van der Waals surface area contributed by atoms with Crippen molar-refractivity contribution in [1.29, 1.82) is 0 Å². The molecular formula is C17H17N2NaO7S2. The molecule has 1 saturated heterocycles. The molecule has 12 heteroatoms. The maximum atomic E-state index is 12.8. The number of nitrogens with zero attached hydrogens (tertiary/aromatic N) is 1. The third-order valence-corrected chi connectivity index (χ3v) is 6.57. The standard InChI is InChI=1S/C17H18N2O7S2.Na/c1-9(20)26-7-10-8-28-16-17(25-2,15(24)19(16)13(10)14(22)23)18-12(21)6-11-4-3-5-27-11;/h3-5,16H,6-8H2,1-2H3,(H,18,21)(H,22,23);/q;+1/p-1/t16-,17-;/m0./s1. The number of aliphatic carboxylic acids is 1. The summed E-state index contributed by atoms with van der Waals surface area (Å²) >= 11 is 2.62. The van der Waals surface area contributed by atoms with Crippen LogP contribution in [0.3, 0.4) is 0 Å². The van der Waals surface area contributed by atoms with Crippen LogP contribution in [0.25, 0.3) is 0 Å². The van der Waals surface area contributed by atoms with Gasteiger partial charge in [0, 0.05) is 30.2 Å². The zero-order chi connectivity index (χ0) is 20.5. The van der Waals surface area contributed by atoms with Crippen LogP contribution in [-0.4, -0.2) is 59.2 Å². The molecule has 1 aromatic heterocycles. The maximum Gasteiger partial charge on any atom is 1.00 e. The fourth-order valence-electron chi connectivity index (χ4n) is 3.05. The molecule has 29 heavy (non-hydrogen) atoms. The molecule has 1 N–H and O–H groups in total. The Morgan fingerprint density at radius 2 is 2.14 bits per heavy atom. The number of rotatable bonds is 7. The van der Waals surface area contributed by atoms with E-state index in [4.69, 9.17) is 9.47 Å². The number of carboxylic acid groups (broad SMARTS) is 1. The van der Waals surface area contributed by atoms with Gasteiger partial charge in [-0.1, -0.05) is 6.07 Å². The molecule has 1 fully saturated rings. The Morgan fingerprint density at radius 1 is 1.41 bits per heavy atom. The number of carbonyl (C=O) groups excluding carboxylic acids is 4. The number of carboxylic acids is 1. The molecule has 9 nitrogen and oxygen atoms in total. The number of ether oxygens (including phenoxy) is 2. The minimum Gasteiger partial charge on any atom is -0.543 e. The molecule has 0 aliphatic carbocycles. The summed E-state index contributed by atoms with van der Waals surface area (Å²) in [5.41, 5.74) is -1.76. The average Bonchev–Trinajstić information content (AvgIpc) is 3.15. The predicted octanol–water partition coefficient (Wildman–Crippen LogP) is -3.76. The molecule has 3 heterocycles. The van der Waals surface area contributed by atoms with E-state index in [0.717, 1.165) is 9.78 Å². The van der Waals surface area contributed by atoms with Crippen molar-refractivity contribution >= 4 is 46.9 Å². The van der Waals surface area contributed by atoms with Crippen molar-refractivity contribution < 1.29 is 63.3 Å². The number of carbonyl (C=O) groups is 4. The molecule has 2 aliphatic heterocycles. The molecule has 0 spiro atoms. The number of thioether (sulfide) groups is 1. The van der Waals surface area contributed by atoms with Crippen molar-refractivity contribution in [2.45, 2.75) is 24.4 Å². The Balaban J connectivity index is 0.00000300. The molecule has 1 aromatic rings. The number of fused-ring (bicyclic) bond motifs is 1. The number of thiophene rings is 1. The van der Waals surface area contributed by atoms with Gasteiger partial charge in [-0.15, -0.1) is 23.1 Å². The second kappa shape index (κ2) is 9.63. The molecule has 3 rings (SSSR count). The van der Waals surface area contributed by atoms with Crippen LogP contribution in [0.4, 0.5) is 0 Å². The van der Waals surface area contributed by atoms with Crippen molar-refractivity contribution in [3.63, 3.8) is 0 Å². The van der Waals surface area contributed by atoms with Gasteiger partial charge in [0.05, 0.1) is 18.1 Å². The normalized spacial score (nSPS) is 22.9. The molecule has 0 bridgehead atoms. The number of β-lactam (4-membered cyclic amide) rings is 1. The van der Waals surface area contributed by atoms with Gasteiger partial charge in [0.15, 0.2) is 0 Å². The first-order chi connectivity index (χ1) is 13.3. The van der Waals surface area contributed by atoms with Crippen LogP contribution in [0.1, 0.15) is 11.8 Å². The van der Waals surface area contributed by atoms with E-state index in [-0.39, 0.29) is 59.6 Å². The summed E-state index contributed by atoms with van der Waals surface area (Å²) in [4.78, 5) is 49.7. The smallest absolute Gasteiger partial charge is 0.543 e. The van der Waals surface area contributed by atoms with Crippen LogP contribution in [0.15, 0.2) is 28.8 Å². The van der Waals surface area contributed by atoms with Crippen LogP contribution in [0.2, 0.25) is 0 Å². The van der Waals surface area contributed by atoms with Crippen molar-refractivity contribution in [3.8, 4) is 0 Å². The first kappa shape index (κ1) is 23.9. The first-order valence-electron chi connectivity index (χ1n) is 8.20. The van der Waals surface area contributed by atoms with Crippen LogP contribution >= 0.6 is 23.1 Å². The van der Waals surface area contributed by atoms with Gasteiger partial charge >= 0.3 is 35.5 Å². The summed E-state index contributed by atoms with van der Waals surface area (Å²) in [6, 6.07) is 3.61. The van der Waals surface area contributed by atoms with Gasteiger partial charge in [-0.25, -0.2) is 0 Å². The summed E-state index contributed by atoms with van der Waals surface area (Å²) in [6.45, 7) is 0.943. The number of hydrogen-bond acceptors (Lipinski definition) is 9. The van der Waals surface area contributed by atoms with Crippen LogP contribution in [0, 0.1) is 0 Å². The fraction of sp³-hybridized carbons (Fsp3) is 0.412. The molecule has 2 amide bonds. The van der Waals surface area contributed by atoms with E-state index in [1.807, 2.05) is 11.4 Å². The second-order valence-corrected chi connectivity index (χ2v) is 8.20. The van der Waals surface area contributed by atoms with E-state index in [1.54, 1.807) is 6.07 Å². The van der Waals surface area contributed by atoms with E-state index in [9.17, 15) is 24.3 Å². The fourth-order valence-corrected chi connectivity index (χ4v) is 5.18. The van der Waals surface area contributed by atoms with E-state index in [0.29, 0.717) is 0 Å². The van der Waals surface area contributed by atoms with Crippen LogP contribution in [0.5, 0.6) is 0 Å². The number of methoxy groups -OCH3 is 1. The Hall–Kier alpha value is -1.37. The Kier molecular flexibility index (Phi) is 7.93. The van der Waals surface area contributed by atoms with Gasteiger partial charge in [-0.3, -0.25) is 19.3 Å². The predicted molar refractivity (Wildman–Crippen MR) is 97.7 cm³/mol. The van der Waals surface area contributed by atoms with Crippen LogP contribution < -0.4 is 40.0 Å². The zero-order valence-electron chi connectivity index (χ0n) is 16.1. The summed E-state index contributed by atoms with van der Waals surface area (Å²) in [5.74, 6) is -3.08. The molecule has 2 atom stereocenters. The van der Waals surface area contributed by atoms with Gasteiger partial charge in [0.1, 0.15) is 12.0 Å². The average molecular weight is 448 g/mol. The number of esters is 1. The number of nitrogens with one attached hydrogen (secondary N) is 1. The Bertz CT molecular complexity index is 858. The van der Waals surface area contributed by atoms with Gasteiger partial charge in [0.25, 0.3) is 11.6 Å². The third kappa shape index (κ3) is 4.54. The van der Waals surface area contributed by atoms with E-state index in [1.165, 1.54) is 37.1 Å². The maximum absolute atomic E-state index is 12.8. The Morgan fingerprint density at radius 3 is 2.69 bits per heavy atom. The molecule has 150 valence electrons. The van der Waals surface area contributed by atoms with E-state index in [2.05, 4.69) is 5.32 Å². The second-order valence-electron chi connectivity index (χ2n) is 6.10. The summed E-state index contributed by atoms with van der Waals surface area (Å²) < 4.78 is 10.2. The third-order valence-electron chi connectivity index (χ3n) is 4.32. The van der Waals surface area contributed by atoms with E-state index >= 15 is 0 Å². The topological polar surface area (TPSA) is 125 Å². The molecule has 2 aliphatic rings. The number of hydrogen-bond donors (Lipinski definition) is 1. The number of amides is 2. The van der Waals surface area contributed by atoms with Gasteiger partial charge in [-0.05, 0) is 11.4 Å². The summed E-state index contributed by atoms with van der Waals surface area (Å²) in [5, 5.41) is 15.3. The minimum atomic E-state index is -1.66. The van der Waals surface area contributed by atoms with Crippen molar-refractivity contribution in [2.24, 2.45) is 0 Å². The van der Waals surface area contributed by atoms with Gasteiger partial charge < -0.3 is 24.7 Å². The van der Waals surface area contributed by atoms with Crippen molar-refractivity contribution in [2.75, 3.05) is 19.5 Å². The summed E-state index contributed by atoms with van der Waals surface area (Å²) in [6.07, 6.45) is 0.0777. The van der Waals surface area contributed by atoms with Crippen molar-refractivity contribution in [1.82, 2.24) is 10.2 Å². The van der Waals surface area contributed by atoms with Gasteiger partial charge in [-0.2, -0.15) is 0 Å². The first-order valence-corrected chi connectivity index (χ1v) is 10.1. The molecule has 0 aromatic carbocycles. The molecular weight excluding hydrogens is 431 g/mol.